The summed E-state index contributed by atoms with van der Waals surface area (Å²) in [5, 5.41) is 11.9. The molecule has 1 aromatic rings. The standard InChI is InChI=1S/C10H15N3O3/c1-2-7(14)3-4-11-10(16)8-5-13-9(15)6-12-8/h5-7,14H,2-4H2,1H3,(H,11,16)(H,13,15). The van der Waals surface area contributed by atoms with Gasteiger partial charge in [0.2, 0.25) is 0 Å². The van der Waals surface area contributed by atoms with Crippen molar-refractivity contribution < 1.29 is 9.90 Å². The van der Waals surface area contributed by atoms with Crippen molar-refractivity contribution in [3.05, 3.63) is 28.4 Å². The van der Waals surface area contributed by atoms with Gasteiger partial charge in [0.15, 0.2) is 0 Å². The maximum atomic E-state index is 11.4. The van der Waals surface area contributed by atoms with Crippen LogP contribution in [0.4, 0.5) is 0 Å². The van der Waals surface area contributed by atoms with Gasteiger partial charge in [-0.2, -0.15) is 0 Å². The Morgan fingerprint density at radius 2 is 2.44 bits per heavy atom. The summed E-state index contributed by atoms with van der Waals surface area (Å²) in [6, 6.07) is 0. The SMILES string of the molecule is CCC(O)CCNC(=O)c1c[nH]c(=O)cn1. The zero-order valence-electron chi connectivity index (χ0n) is 9.06. The molecule has 0 bridgehead atoms. The Morgan fingerprint density at radius 3 is 3.00 bits per heavy atom. The van der Waals surface area contributed by atoms with Crippen LogP contribution >= 0.6 is 0 Å². The molecule has 1 amide bonds. The Balaban J connectivity index is 2.41. The first kappa shape index (κ1) is 12.4. The van der Waals surface area contributed by atoms with Crippen LogP contribution in [0.2, 0.25) is 0 Å². The Hall–Kier alpha value is -1.69. The number of carbonyl (C=O) groups is 1. The van der Waals surface area contributed by atoms with Crippen LogP contribution in [0.1, 0.15) is 30.3 Å². The second kappa shape index (κ2) is 6.02. The van der Waals surface area contributed by atoms with Crippen LogP contribution in [0.3, 0.4) is 0 Å². The molecule has 0 aromatic carbocycles. The van der Waals surface area contributed by atoms with Crippen LogP contribution < -0.4 is 10.9 Å². The lowest BCUT2D eigenvalue weighted by Gasteiger charge is -2.08. The number of nitrogens with zero attached hydrogens (tertiary/aromatic N) is 1. The molecular formula is C10H15N3O3. The summed E-state index contributed by atoms with van der Waals surface area (Å²) in [6.07, 6.45) is 3.08. The largest absolute Gasteiger partial charge is 0.393 e. The molecule has 1 aromatic heterocycles. The van der Waals surface area contributed by atoms with Gasteiger partial charge in [0.05, 0.1) is 12.3 Å². The van der Waals surface area contributed by atoms with E-state index in [4.69, 9.17) is 0 Å². The van der Waals surface area contributed by atoms with Crippen LogP contribution in [0, 0.1) is 0 Å². The monoisotopic (exact) mass is 225 g/mol. The molecule has 0 aliphatic rings. The minimum atomic E-state index is -0.399. The van der Waals surface area contributed by atoms with Crippen molar-refractivity contribution in [1.29, 1.82) is 0 Å². The van der Waals surface area contributed by atoms with Crippen LogP contribution in [-0.2, 0) is 0 Å². The topological polar surface area (TPSA) is 95.1 Å². The van der Waals surface area contributed by atoms with Gasteiger partial charge in [0, 0.05) is 12.7 Å². The Morgan fingerprint density at radius 1 is 1.69 bits per heavy atom. The predicted molar refractivity (Wildman–Crippen MR) is 58.1 cm³/mol. The lowest BCUT2D eigenvalue weighted by Crippen LogP contribution is -2.28. The highest BCUT2D eigenvalue weighted by Gasteiger charge is 2.07. The number of hydrogen-bond donors (Lipinski definition) is 3. The van der Waals surface area contributed by atoms with Gasteiger partial charge in [-0.3, -0.25) is 9.59 Å². The molecule has 1 unspecified atom stereocenters. The molecule has 6 heteroatoms. The van der Waals surface area contributed by atoms with Gasteiger partial charge in [0.1, 0.15) is 5.69 Å². The molecule has 0 spiro atoms. The molecule has 0 aliphatic carbocycles. The van der Waals surface area contributed by atoms with Gasteiger partial charge < -0.3 is 15.4 Å². The number of aromatic amines is 1. The Kier molecular flexibility index (Phi) is 4.65. The lowest BCUT2D eigenvalue weighted by atomic mass is 10.2. The summed E-state index contributed by atoms with van der Waals surface area (Å²) in [5.74, 6) is -0.362. The number of H-pyrrole nitrogens is 1. The molecule has 0 aliphatic heterocycles. The molecule has 16 heavy (non-hydrogen) atoms. The highest BCUT2D eigenvalue weighted by atomic mass is 16.3. The highest BCUT2D eigenvalue weighted by Crippen LogP contribution is 1.95. The molecule has 0 saturated heterocycles. The number of aromatic nitrogens is 2. The van der Waals surface area contributed by atoms with Crippen molar-refractivity contribution in [3.63, 3.8) is 0 Å². The van der Waals surface area contributed by atoms with Crippen molar-refractivity contribution in [2.75, 3.05) is 6.54 Å². The van der Waals surface area contributed by atoms with E-state index in [1.54, 1.807) is 0 Å². The average Bonchev–Trinajstić information content (AvgIpc) is 2.29. The van der Waals surface area contributed by atoms with Crippen LogP contribution in [0.25, 0.3) is 0 Å². The molecule has 1 atom stereocenters. The van der Waals surface area contributed by atoms with E-state index in [-0.39, 0.29) is 17.2 Å². The Bertz CT molecular complexity index is 382. The average molecular weight is 225 g/mol. The predicted octanol–water partition coefficient (Wildman–Crippen LogP) is -0.339. The third-order valence-electron chi connectivity index (χ3n) is 2.14. The van der Waals surface area contributed by atoms with Crippen LogP contribution in [0.5, 0.6) is 0 Å². The first-order valence-corrected chi connectivity index (χ1v) is 5.14. The van der Waals surface area contributed by atoms with Crippen LogP contribution in [-0.4, -0.2) is 33.6 Å². The van der Waals surface area contributed by atoms with Crippen molar-refractivity contribution in [3.8, 4) is 0 Å². The molecular weight excluding hydrogens is 210 g/mol. The van der Waals surface area contributed by atoms with E-state index in [9.17, 15) is 14.7 Å². The number of aliphatic hydroxyl groups is 1. The number of aliphatic hydroxyl groups excluding tert-OH is 1. The van der Waals surface area contributed by atoms with E-state index in [1.807, 2.05) is 6.92 Å². The lowest BCUT2D eigenvalue weighted by molar-refractivity contribution is 0.0936. The molecule has 1 rings (SSSR count). The molecule has 3 N–H and O–H groups in total. The van der Waals surface area contributed by atoms with Crippen molar-refractivity contribution in [2.24, 2.45) is 0 Å². The number of nitrogens with one attached hydrogen (secondary N) is 2. The second-order valence-electron chi connectivity index (χ2n) is 3.40. The molecule has 88 valence electrons. The van der Waals surface area contributed by atoms with Gasteiger partial charge in [-0.25, -0.2) is 4.98 Å². The number of amides is 1. The van der Waals surface area contributed by atoms with Gasteiger partial charge in [0.25, 0.3) is 11.5 Å². The van der Waals surface area contributed by atoms with E-state index in [0.717, 1.165) is 6.20 Å². The van der Waals surface area contributed by atoms with E-state index in [2.05, 4.69) is 15.3 Å². The molecule has 0 saturated carbocycles. The second-order valence-corrected chi connectivity index (χ2v) is 3.40. The summed E-state index contributed by atoms with van der Waals surface area (Å²) >= 11 is 0. The highest BCUT2D eigenvalue weighted by molar-refractivity contribution is 5.91. The number of hydrogen-bond acceptors (Lipinski definition) is 4. The van der Waals surface area contributed by atoms with Gasteiger partial charge in [-0.05, 0) is 12.8 Å². The third-order valence-corrected chi connectivity index (χ3v) is 2.14. The minimum absolute atomic E-state index is 0.158. The summed E-state index contributed by atoms with van der Waals surface area (Å²) in [7, 11) is 0. The van der Waals surface area contributed by atoms with E-state index in [1.165, 1.54) is 6.20 Å². The van der Waals surface area contributed by atoms with Crippen molar-refractivity contribution >= 4 is 5.91 Å². The minimum Gasteiger partial charge on any atom is -0.393 e. The maximum Gasteiger partial charge on any atom is 0.271 e. The first-order valence-electron chi connectivity index (χ1n) is 5.14. The smallest absolute Gasteiger partial charge is 0.271 e. The Labute approximate surface area is 92.7 Å². The third kappa shape index (κ3) is 3.82. The maximum absolute atomic E-state index is 11.4. The fraction of sp³-hybridized carbons (Fsp3) is 0.500. The summed E-state index contributed by atoms with van der Waals surface area (Å²) in [4.78, 5) is 28.2. The van der Waals surface area contributed by atoms with Crippen LogP contribution in [0.15, 0.2) is 17.2 Å². The van der Waals surface area contributed by atoms with E-state index in [0.29, 0.717) is 19.4 Å². The molecule has 6 nitrogen and oxygen atoms in total. The van der Waals surface area contributed by atoms with E-state index < -0.39 is 6.10 Å². The normalized spacial score (nSPS) is 12.1. The van der Waals surface area contributed by atoms with Gasteiger partial charge in [-0.1, -0.05) is 6.92 Å². The molecule has 0 fully saturated rings. The summed E-state index contributed by atoms with van der Waals surface area (Å²) in [5.41, 5.74) is -0.191. The fourth-order valence-electron chi connectivity index (χ4n) is 1.11. The zero-order chi connectivity index (χ0) is 12.0. The number of rotatable bonds is 5. The van der Waals surface area contributed by atoms with Crippen molar-refractivity contribution in [2.45, 2.75) is 25.9 Å². The molecule has 0 radical (unpaired) electrons. The summed E-state index contributed by atoms with van der Waals surface area (Å²) < 4.78 is 0. The first-order chi connectivity index (χ1) is 7.63. The number of carbonyl (C=O) groups excluding carboxylic acids is 1. The van der Waals surface area contributed by atoms with Gasteiger partial charge in [-0.15, -0.1) is 0 Å². The van der Waals surface area contributed by atoms with E-state index >= 15 is 0 Å². The van der Waals surface area contributed by atoms with Gasteiger partial charge >= 0.3 is 0 Å². The quantitative estimate of drug-likeness (QED) is 0.639. The van der Waals surface area contributed by atoms with Crippen molar-refractivity contribution in [1.82, 2.24) is 15.3 Å². The zero-order valence-corrected chi connectivity index (χ0v) is 9.06. The fourth-order valence-corrected chi connectivity index (χ4v) is 1.11. The summed E-state index contributed by atoms with van der Waals surface area (Å²) in [6.45, 7) is 2.25. The molecule has 1 heterocycles.